The minimum absolute atomic E-state index is 0.138. The van der Waals surface area contributed by atoms with Crippen molar-refractivity contribution in [2.45, 2.75) is 47.0 Å². The summed E-state index contributed by atoms with van der Waals surface area (Å²) in [5.41, 5.74) is 4.97. The lowest BCUT2D eigenvalue weighted by Gasteiger charge is -2.34. The Morgan fingerprint density at radius 1 is 1.16 bits per heavy atom. The number of hydrogen-bond acceptors (Lipinski definition) is 3. The summed E-state index contributed by atoms with van der Waals surface area (Å²) >= 11 is 0. The first kappa shape index (κ1) is 13.9. The Kier molecular flexibility index (Phi) is 3.33. The predicted octanol–water partition coefficient (Wildman–Crippen LogP) is 2.99. The van der Waals surface area contributed by atoms with Crippen molar-refractivity contribution >= 4 is 5.97 Å². The molecular formula is C16H22O3. The van der Waals surface area contributed by atoms with E-state index in [-0.39, 0.29) is 5.97 Å². The summed E-state index contributed by atoms with van der Waals surface area (Å²) < 4.78 is 4.94. The first-order valence-corrected chi connectivity index (χ1v) is 6.70. The van der Waals surface area contributed by atoms with Crippen molar-refractivity contribution in [2.75, 3.05) is 7.11 Å². The molecule has 1 aliphatic rings. The van der Waals surface area contributed by atoms with Crippen LogP contribution < -0.4 is 0 Å². The Balaban J connectivity index is 2.55. The van der Waals surface area contributed by atoms with Gasteiger partial charge in [0.1, 0.15) is 5.75 Å². The molecule has 0 saturated heterocycles. The van der Waals surface area contributed by atoms with Gasteiger partial charge in [0, 0.05) is 0 Å². The van der Waals surface area contributed by atoms with E-state index in [9.17, 15) is 9.90 Å². The van der Waals surface area contributed by atoms with Crippen LogP contribution in [0.4, 0.5) is 0 Å². The van der Waals surface area contributed by atoms with Gasteiger partial charge in [-0.1, -0.05) is 0 Å². The molecule has 0 fully saturated rings. The zero-order valence-electron chi connectivity index (χ0n) is 12.4. The minimum atomic E-state index is -0.442. The number of fused-ring (bicyclic) bond motifs is 1. The van der Waals surface area contributed by atoms with E-state index in [2.05, 4.69) is 0 Å². The molecule has 1 atom stereocenters. The fourth-order valence-corrected chi connectivity index (χ4v) is 3.16. The van der Waals surface area contributed by atoms with E-state index in [1.54, 1.807) is 0 Å². The molecule has 3 nitrogen and oxygen atoms in total. The highest BCUT2D eigenvalue weighted by molar-refractivity contribution is 5.77. The fourth-order valence-electron chi connectivity index (χ4n) is 3.16. The SMILES string of the molecule is COC(=O)C1(C)CCc2c(C)c(O)c(C)c(C)c2C1. The van der Waals surface area contributed by atoms with Gasteiger partial charge in [-0.25, -0.2) is 0 Å². The second kappa shape index (κ2) is 4.55. The Morgan fingerprint density at radius 3 is 2.37 bits per heavy atom. The molecule has 1 aliphatic carbocycles. The summed E-state index contributed by atoms with van der Waals surface area (Å²) in [6.45, 7) is 7.89. The first-order chi connectivity index (χ1) is 8.81. The van der Waals surface area contributed by atoms with E-state index in [4.69, 9.17) is 4.74 Å². The number of rotatable bonds is 1. The van der Waals surface area contributed by atoms with Gasteiger partial charge in [-0.2, -0.15) is 0 Å². The molecule has 3 heteroatoms. The van der Waals surface area contributed by atoms with Crippen LogP contribution in [0.2, 0.25) is 0 Å². The van der Waals surface area contributed by atoms with Gasteiger partial charge in [0.2, 0.25) is 0 Å². The third-order valence-corrected chi connectivity index (χ3v) is 4.71. The molecule has 0 spiro atoms. The number of esters is 1. The lowest BCUT2D eigenvalue weighted by atomic mass is 9.70. The van der Waals surface area contributed by atoms with Crippen LogP contribution in [0.15, 0.2) is 0 Å². The number of hydrogen-bond donors (Lipinski definition) is 1. The maximum Gasteiger partial charge on any atom is 0.311 e. The number of methoxy groups -OCH3 is 1. The third kappa shape index (κ3) is 2.01. The van der Waals surface area contributed by atoms with Crippen molar-refractivity contribution in [3.8, 4) is 5.75 Å². The molecule has 0 heterocycles. The van der Waals surface area contributed by atoms with Crippen LogP contribution >= 0.6 is 0 Å². The highest BCUT2D eigenvalue weighted by atomic mass is 16.5. The summed E-state index contributed by atoms with van der Waals surface area (Å²) in [6, 6.07) is 0. The van der Waals surface area contributed by atoms with Gasteiger partial charge >= 0.3 is 5.97 Å². The first-order valence-electron chi connectivity index (χ1n) is 6.70. The number of ether oxygens (including phenoxy) is 1. The van der Waals surface area contributed by atoms with Crippen LogP contribution in [0.25, 0.3) is 0 Å². The van der Waals surface area contributed by atoms with E-state index >= 15 is 0 Å². The van der Waals surface area contributed by atoms with Gasteiger partial charge in [-0.05, 0) is 74.8 Å². The van der Waals surface area contributed by atoms with Crippen molar-refractivity contribution in [3.63, 3.8) is 0 Å². The van der Waals surface area contributed by atoms with Crippen LogP contribution in [-0.2, 0) is 22.4 Å². The molecule has 1 aromatic carbocycles. The molecule has 1 aromatic rings. The zero-order valence-corrected chi connectivity index (χ0v) is 12.4. The molecule has 19 heavy (non-hydrogen) atoms. The average Bonchev–Trinajstić information content (AvgIpc) is 2.41. The Morgan fingerprint density at radius 2 is 1.79 bits per heavy atom. The standard InChI is InChI=1S/C16H22O3/c1-9-10(2)14(17)11(3)12-6-7-16(4,8-13(9)12)15(18)19-5/h17H,6-8H2,1-5H3. The molecule has 0 aliphatic heterocycles. The van der Waals surface area contributed by atoms with Gasteiger partial charge < -0.3 is 9.84 Å². The maximum atomic E-state index is 12.0. The van der Waals surface area contributed by atoms with E-state index in [1.807, 2.05) is 27.7 Å². The Labute approximate surface area is 114 Å². The Bertz CT molecular complexity index is 546. The highest BCUT2D eigenvalue weighted by Gasteiger charge is 2.39. The molecule has 1 unspecified atom stereocenters. The third-order valence-electron chi connectivity index (χ3n) is 4.71. The minimum Gasteiger partial charge on any atom is -0.507 e. The molecule has 104 valence electrons. The van der Waals surface area contributed by atoms with Gasteiger partial charge in [0.05, 0.1) is 12.5 Å². The second-order valence-electron chi connectivity index (χ2n) is 5.91. The second-order valence-corrected chi connectivity index (χ2v) is 5.91. The lowest BCUT2D eigenvalue weighted by Crippen LogP contribution is -2.36. The normalized spacial score (nSPS) is 21.9. The summed E-state index contributed by atoms with van der Waals surface area (Å²) in [5.74, 6) is 0.263. The number of phenols is 1. The summed E-state index contributed by atoms with van der Waals surface area (Å²) in [4.78, 5) is 12.0. The molecule has 0 radical (unpaired) electrons. The predicted molar refractivity (Wildman–Crippen MR) is 74.5 cm³/mol. The summed E-state index contributed by atoms with van der Waals surface area (Å²) in [7, 11) is 1.45. The van der Waals surface area contributed by atoms with Gasteiger partial charge in [-0.15, -0.1) is 0 Å². The maximum absolute atomic E-state index is 12.0. The molecule has 0 aromatic heterocycles. The van der Waals surface area contributed by atoms with E-state index in [0.717, 1.165) is 29.5 Å². The molecule has 1 N–H and O–H groups in total. The van der Waals surface area contributed by atoms with Crippen molar-refractivity contribution in [2.24, 2.45) is 5.41 Å². The zero-order chi connectivity index (χ0) is 14.4. The van der Waals surface area contributed by atoms with E-state index in [0.29, 0.717) is 12.2 Å². The quantitative estimate of drug-likeness (QED) is 0.791. The van der Waals surface area contributed by atoms with Crippen LogP contribution in [0.5, 0.6) is 5.75 Å². The van der Waals surface area contributed by atoms with Crippen LogP contribution in [0.3, 0.4) is 0 Å². The van der Waals surface area contributed by atoms with Crippen molar-refractivity contribution in [1.82, 2.24) is 0 Å². The van der Waals surface area contributed by atoms with Gasteiger partial charge in [0.15, 0.2) is 0 Å². The van der Waals surface area contributed by atoms with E-state index in [1.165, 1.54) is 18.2 Å². The van der Waals surface area contributed by atoms with Crippen molar-refractivity contribution < 1.29 is 14.6 Å². The Hall–Kier alpha value is -1.51. The highest BCUT2D eigenvalue weighted by Crippen LogP contribution is 2.42. The summed E-state index contributed by atoms with van der Waals surface area (Å²) in [6.07, 6.45) is 2.29. The lowest BCUT2D eigenvalue weighted by molar-refractivity contribution is -0.152. The fraction of sp³-hybridized carbons (Fsp3) is 0.562. The smallest absolute Gasteiger partial charge is 0.311 e. The average molecular weight is 262 g/mol. The summed E-state index contributed by atoms with van der Waals surface area (Å²) in [5, 5.41) is 10.1. The van der Waals surface area contributed by atoms with Crippen LogP contribution in [-0.4, -0.2) is 18.2 Å². The van der Waals surface area contributed by atoms with Crippen LogP contribution in [0.1, 0.15) is 41.2 Å². The van der Waals surface area contributed by atoms with Crippen molar-refractivity contribution in [1.29, 1.82) is 0 Å². The topological polar surface area (TPSA) is 46.5 Å². The van der Waals surface area contributed by atoms with Gasteiger partial charge in [0.25, 0.3) is 0 Å². The number of carbonyl (C=O) groups is 1. The van der Waals surface area contributed by atoms with Crippen LogP contribution in [0, 0.1) is 26.2 Å². The number of phenolic OH excluding ortho intramolecular Hbond substituents is 1. The largest absolute Gasteiger partial charge is 0.507 e. The van der Waals surface area contributed by atoms with E-state index < -0.39 is 5.41 Å². The molecule has 0 bridgehead atoms. The molecule has 0 saturated carbocycles. The molecule has 2 rings (SSSR count). The number of carbonyl (C=O) groups excluding carboxylic acids is 1. The van der Waals surface area contributed by atoms with Gasteiger partial charge in [-0.3, -0.25) is 4.79 Å². The van der Waals surface area contributed by atoms with Crippen molar-refractivity contribution in [3.05, 3.63) is 27.8 Å². The number of aromatic hydroxyl groups is 1. The molecule has 0 amide bonds. The number of benzene rings is 1. The molecular weight excluding hydrogens is 240 g/mol. The monoisotopic (exact) mass is 262 g/mol.